The molecular weight excluding hydrogens is 422 g/mol. The fourth-order valence-corrected chi connectivity index (χ4v) is 5.11. The van der Waals surface area contributed by atoms with E-state index in [1.807, 2.05) is 23.2 Å². The number of hydrogen-bond donors (Lipinski definition) is 0. The summed E-state index contributed by atoms with van der Waals surface area (Å²) in [5.41, 5.74) is 5.23. The van der Waals surface area contributed by atoms with Gasteiger partial charge in [-0.3, -0.25) is 14.7 Å². The highest BCUT2D eigenvalue weighted by Crippen LogP contribution is 2.39. The third kappa shape index (κ3) is 3.92. The lowest BCUT2D eigenvalue weighted by Gasteiger charge is -2.36. The van der Waals surface area contributed by atoms with Crippen LogP contribution in [0.3, 0.4) is 0 Å². The van der Waals surface area contributed by atoms with Crippen LogP contribution in [0.25, 0.3) is 11.0 Å². The van der Waals surface area contributed by atoms with Crippen LogP contribution in [-0.4, -0.2) is 85.2 Å². The van der Waals surface area contributed by atoms with Gasteiger partial charge in [0, 0.05) is 45.4 Å². The number of amides is 1. The Balaban J connectivity index is 1.02. The molecule has 0 spiro atoms. The van der Waals surface area contributed by atoms with E-state index in [-0.39, 0.29) is 18.0 Å². The quantitative estimate of drug-likeness (QED) is 0.574. The zero-order valence-electron chi connectivity index (χ0n) is 18.2. The summed E-state index contributed by atoms with van der Waals surface area (Å²) < 4.78 is 6.45. The summed E-state index contributed by atoms with van der Waals surface area (Å²) in [6, 6.07) is 6.06. The molecule has 2 aromatic heterocycles. The molecule has 0 saturated carbocycles. The van der Waals surface area contributed by atoms with Crippen molar-refractivity contribution in [1.29, 1.82) is 0 Å². The molecule has 1 aliphatic carbocycles. The fraction of sp³-hybridized carbons (Fsp3) is 0.500. The highest BCUT2D eigenvalue weighted by molar-refractivity contribution is 5.94. The molecule has 1 fully saturated rings. The summed E-state index contributed by atoms with van der Waals surface area (Å²) in [5.74, 6) is 0.184. The number of piperazine rings is 1. The zero-order chi connectivity index (χ0) is 22.2. The molecular formula is C22H25N9O2. The second-order valence-corrected chi connectivity index (χ2v) is 8.91. The van der Waals surface area contributed by atoms with E-state index in [0.717, 1.165) is 75.0 Å². The van der Waals surface area contributed by atoms with Crippen LogP contribution < -0.4 is 0 Å². The summed E-state index contributed by atoms with van der Waals surface area (Å²) >= 11 is 0. The van der Waals surface area contributed by atoms with E-state index in [4.69, 9.17) is 4.63 Å². The van der Waals surface area contributed by atoms with Crippen LogP contribution in [0.4, 0.5) is 0 Å². The van der Waals surface area contributed by atoms with Gasteiger partial charge in [0.2, 0.25) is 5.91 Å². The first kappa shape index (κ1) is 20.2. The third-order valence-corrected chi connectivity index (χ3v) is 7.02. The first-order valence-electron chi connectivity index (χ1n) is 11.4. The van der Waals surface area contributed by atoms with Crippen LogP contribution in [0.2, 0.25) is 0 Å². The predicted octanol–water partition coefficient (Wildman–Crippen LogP) is 1.28. The van der Waals surface area contributed by atoms with Gasteiger partial charge in [-0.2, -0.15) is 0 Å². The van der Waals surface area contributed by atoms with Crippen molar-refractivity contribution >= 4 is 23.2 Å². The van der Waals surface area contributed by atoms with Crippen molar-refractivity contribution in [3.05, 3.63) is 41.2 Å². The number of fused-ring (bicyclic) bond motifs is 1. The summed E-state index contributed by atoms with van der Waals surface area (Å²) in [5, 5.41) is 19.1. The number of carbonyl (C=O) groups is 1. The van der Waals surface area contributed by atoms with Crippen LogP contribution in [-0.2, 0) is 11.2 Å². The molecule has 2 aliphatic heterocycles. The topological polar surface area (TPSA) is 118 Å². The van der Waals surface area contributed by atoms with E-state index in [9.17, 15) is 4.79 Å². The number of benzene rings is 1. The zero-order valence-corrected chi connectivity index (χ0v) is 18.2. The van der Waals surface area contributed by atoms with Crippen LogP contribution >= 0.6 is 0 Å². The van der Waals surface area contributed by atoms with E-state index in [2.05, 4.69) is 41.8 Å². The maximum Gasteiger partial charge on any atom is 0.230 e. The number of carbonyl (C=O) groups excluding carboxylic acids is 1. The lowest BCUT2D eigenvalue weighted by atomic mass is 9.97. The number of hydrogen-bond acceptors (Lipinski definition) is 9. The van der Waals surface area contributed by atoms with E-state index in [1.54, 1.807) is 11.0 Å². The number of tetrazole rings is 1. The van der Waals surface area contributed by atoms with Gasteiger partial charge >= 0.3 is 0 Å². The van der Waals surface area contributed by atoms with Crippen LogP contribution in [0.1, 0.15) is 31.0 Å². The summed E-state index contributed by atoms with van der Waals surface area (Å²) in [4.78, 5) is 22.4. The lowest BCUT2D eigenvalue weighted by Crippen LogP contribution is -2.50. The third-order valence-electron chi connectivity index (χ3n) is 7.02. The Morgan fingerprint density at radius 2 is 2.00 bits per heavy atom. The van der Waals surface area contributed by atoms with E-state index >= 15 is 0 Å². The molecule has 11 heteroatoms. The monoisotopic (exact) mass is 447 g/mol. The minimum Gasteiger partial charge on any atom is -0.340 e. The molecule has 1 aromatic carbocycles. The van der Waals surface area contributed by atoms with Gasteiger partial charge in [-0.15, -0.1) is 5.10 Å². The van der Waals surface area contributed by atoms with Gasteiger partial charge in [-0.25, -0.2) is 9.31 Å². The molecule has 2 atom stereocenters. The first-order valence-corrected chi connectivity index (χ1v) is 11.4. The van der Waals surface area contributed by atoms with E-state index in [0.29, 0.717) is 0 Å². The minimum atomic E-state index is -0.0996. The Morgan fingerprint density at radius 1 is 1.12 bits per heavy atom. The molecule has 0 radical (unpaired) electrons. The van der Waals surface area contributed by atoms with Crippen molar-refractivity contribution in [3.63, 3.8) is 0 Å². The molecule has 3 aliphatic rings. The van der Waals surface area contributed by atoms with Crippen molar-refractivity contribution < 1.29 is 9.42 Å². The smallest absolute Gasteiger partial charge is 0.230 e. The fourth-order valence-electron chi connectivity index (χ4n) is 5.11. The van der Waals surface area contributed by atoms with Crippen molar-refractivity contribution in [2.45, 2.75) is 31.8 Å². The molecule has 0 N–H and O–H groups in total. The lowest BCUT2D eigenvalue weighted by molar-refractivity contribution is -0.135. The van der Waals surface area contributed by atoms with Gasteiger partial charge in [0.1, 0.15) is 23.5 Å². The van der Waals surface area contributed by atoms with E-state index < -0.39 is 0 Å². The molecule has 0 bridgehead atoms. The molecule has 170 valence electrons. The van der Waals surface area contributed by atoms with Crippen molar-refractivity contribution in [1.82, 2.24) is 40.3 Å². The second kappa shape index (κ2) is 8.47. The van der Waals surface area contributed by atoms with Gasteiger partial charge in [0.15, 0.2) is 0 Å². The molecule has 1 saturated heterocycles. The van der Waals surface area contributed by atoms with Crippen molar-refractivity contribution in [2.24, 2.45) is 10.9 Å². The molecule has 33 heavy (non-hydrogen) atoms. The average Bonchev–Trinajstić information content (AvgIpc) is 3.62. The average molecular weight is 448 g/mol. The van der Waals surface area contributed by atoms with Gasteiger partial charge in [-0.05, 0) is 63.3 Å². The Hall–Kier alpha value is -3.47. The van der Waals surface area contributed by atoms with Gasteiger partial charge < -0.3 is 4.90 Å². The number of aliphatic imine (C=N–C) groups is 1. The molecule has 11 nitrogen and oxygen atoms in total. The van der Waals surface area contributed by atoms with Crippen molar-refractivity contribution in [3.8, 4) is 0 Å². The van der Waals surface area contributed by atoms with Gasteiger partial charge in [0.25, 0.3) is 0 Å². The summed E-state index contributed by atoms with van der Waals surface area (Å²) in [7, 11) is 0. The number of dihydropyridines is 1. The predicted molar refractivity (Wildman–Crippen MR) is 118 cm³/mol. The summed E-state index contributed by atoms with van der Waals surface area (Å²) in [6.07, 6.45) is 6.92. The minimum absolute atomic E-state index is 0.0621. The number of nitrogens with zero attached hydrogens (tertiary/aromatic N) is 9. The Kier molecular flexibility index (Phi) is 5.17. The van der Waals surface area contributed by atoms with Crippen LogP contribution in [0, 0.1) is 5.92 Å². The highest BCUT2D eigenvalue weighted by Gasteiger charge is 2.36. The maximum absolute atomic E-state index is 13.3. The van der Waals surface area contributed by atoms with Crippen LogP contribution in [0.15, 0.2) is 45.3 Å². The molecule has 6 rings (SSSR count). The molecule has 3 aromatic rings. The molecule has 2 unspecified atom stereocenters. The second-order valence-electron chi connectivity index (χ2n) is 8.91. The number of aromatic nitrogens is 6. The SMILES string of the molecule is O=C(C1CCC2=C1C=NC(n1cnnn1)C2)N1CCN(CCc2ccc3nonc3c2)CC1. The largest absolute Gasteiger partial charge is 0.340 e. The van der Waals surface area contributed by atoms with Crippen molar-refractivity contribution in [2.75, 3.05) is 32.7 Å². The maximum atomic E-state index is 13.3. The normalized spacial score (nSPS) is 23.5. The van der Waals surface area contributed by atoms with Gasteiger partial charge in [0.05, 0.1) is 5.92 Å². The number of rotatable bonds is 5. The molecule has 1 amide bonds. The molecule has 4 heterocycles. The van der Waals surface area contributed by atoms with Crippen LogP contribution in [0.5, 0.6) is 0 Å². The Labute approximate surface area is 190 Å². The standard InChI is InChI=1S/C22H25N9O2/c32-22(17-3-2-16-12-21(23-13-18(16)17)31-14-24-27-28-31)30-9-7-29(8-10-30)6-5-15-1-4-19-20(11-15)26-33-25-19/h1,4,11,13-14,17,21H,2-3,5-10,12H2. The highest BCUT2D eigenvalue weighted by atomic mass is 16.6. The Bertz CT molecular complexity index is 1210. The van der Waals surface area contributed by atoms with Gasteiger partial charge in [-0.1, -0.05) is 11.6 Å². The Morgan fingerprint density at radius 3 is 2.85 bits per heavy atom. The summed E-state index contributed by atoms with van der Waals surface area (Å²) in [6.45, 7) is 4.30. The first-order chi connectivity index (χ1) is 16.2. The van der Waals surface area contributed by atoms with E-state index in [1.165, 1.54) is 11.1 Å².